The summed E-state index contributed by atoms with van der Waals surface area (Å²) in [4.78, 5) is 61.3. The number of unbranched alkanes of at least 4 members (excludes halogenated alkanes) is 2. The number of carbonyl (C=O) groups excluding carboxylic acids is 4. The quantitative estimate of drug-likeness (QED) is 0.143. The van der Waals surface area contributed by atoms with Crippen molar-refractivity contribution in [3.63, 3.8) is 0 Å². The van der Waals surface area contributed by atoms with Gasteiger partial charge in [0, 0.05) is 18.8 Å². The van der Waals surface area contributed by atoms with Gasteiger partial charge in [-0.05, 0) is 84.6 Å². The van der Waals surface area contributed by atoms with Crippen LogP contribution < -0.4 is 10.1 Å². The number of aromatic nitrogens is 2. The van der Waals surface area contributed by atoms with Crippen LogP contribution in [-0.2, 0) is 35.0 Å². The average Bonchev–Trinajstić information content (AvgIpc) is 3.61. The van der Waals surface area contributed by atoms with Gasteiger partial charge in [0.2, 0.25) is 5.88 Å². The first-order chi connectivity index (χ1) is 24.2. The molecule has 2 aromatic heterocycles. The molecule has 14 nitrogen and oxygen atoms in total. The maximum absolute atomic E-state index is 13.0. The molecule has 4 rings (SSSR count). The van der Waals surface area contributed by atoms with Gasteiger partial charge >= 0.3 is 24.1 Å². The van der Waals surface area contributed by atoms with E-state index in [0.717, 1.165) is 32.1 Å². The average molecular weight is 729 g/mol. The third-order valence-corrected chi connectivity index (χ3v) is 8.85. The fourth-order valence-corrected chi connectivity index (χ4v) is 6.19. The molecule has 0 spiro atoms. The first kappa shape index (κ1) is 40.4. The zero-order valence-electron chi connectivity index (χ0n) is 32.2. The van der Waals surface area contributed by atoms with Gasteiger partial charge in [-0.25, -0.2) is 24.2 Å². The molecule has 2 aliphatic rings. The molecule has 0 bridgehead atoms. The van der Waals surface area contributed by atoms with Crippen LogP contribution >= 0.6 is 0 Å². The van der Waals surface area contributed by atoms with Crippen molar-refractivity contribution in [2.45, 2.75) is 143 Å². The second-order valence-electron chi connectivity index (χ2n) is 16.8. The predicted molar refractivity (Wildman–Crippen MR) is 192 cm³/mol. The van der Waals surface area contributed by atoms with Crippen LogP contribution in [0.1, 0.15) is 106 Å². The van der Waals surface area contributed by atoms with Gasteiger partial charge in [-0.15, -0.1) is 0 Å². The molecule has 5 atom stereocenters. The van der Waals surface area contributed by atoms with Gasteiger partial charge in [-0.3, -0.25) is 9.88 Å². The van der Waals surface area contributed by atoms with E-state index >= 15 is 0 Å². The Morgan fingerprint density at radius 2 is 1.67 bits per heavy atom. The molecule has 14 heteroatoms. The summed E-state index contributed by atoms with van der Waals surface area (Å²) in [7, 11) is 1.27. The van der Waals surface area contributed by atoms with Crippen molar-refractivity contribution < 1.29 is 48.0 Å². The number of carbonyl (C=O) groups is 4. The lowest BCUT2D eigenvalue weighted by atomic mass is 9.86. The molecule has 3 heterocycles. The molecule has 0 radical (unpaired) electrons. The van der Waals surface area contributed by atoms with Gasteiger partial charge in [-0.2, -0.15) is 0 Å². The number of nitrogens with zero attached hydrogens (tertiary/aromatic N) is 3. The second-order valence-corrected chi connectivity index (χ2v) is 16.8. The molecule has 1 saturated carbocycles. The van der Waals surface area contributed by atoms with E-state index in [-0.39, 0.29) is 36.6 Å². The number of hydrogen-bond donors (Lipinski definition) is 2. The van der Waals surface area contributed by atoms with E-state index in [1.165, 1.54) is 12.0 Å². The zero-order chi connectivity index (χ0) is 38.6. The molecular formula is C38H56N4O10. The highest BCUT2D eigenvalue weighted by Crippen LogP contribution is 2.40. The normalized spacial score (nSPS) is 20.9. The van der Waals surface area contributed by atoms with Crippen LogP contribution in [0.25, 0.3) is 10.9 Å². The number of hydrogen-bond acceptors (Lipinski definition) is 12. The number of methoxy groups -OCH3 is 1. The number of alkyl carbamates (subject to hydrolysis) is 1. The minimum Gasteiger partial charge on any atom is -0.507 e. The third-order valence-electron chi connectivity index (χ3n) is 8.85. The summed E-state index contributed by atoms with van der Waals surface area (Å²) >= 11 is 0. The summed E-state index contributed by atoms with van der Waals surface area (Å²) < 4.78 is 28.0. The first-order valence-electron chi connectivity index (χ1n) is 18.1. The number of likely N-dealkylation sites (tertiary alicyclic amines) is 1. The van der Waals surface area contributed by atoms with Crippen LogP contribution in [0.4, 0.5) is 9.59 Å². The lowest BCUT2D eigenvalue weighted by molar-refractivity contribution is -0.160. The molecule has 0 aromatic carbocycles. The third kappa shape index (κ3) is 11.1. The second kappa shape index (κ2) is 16.1. The van der Waals surface area contributed by atoms with E-state index < -0.39 is 58.9 Å². The van der Waals surface area contributed by atoms with Crippen molar-refractivity contribution >= 4 is 35.0 Å². The molecule has 288 valence electrons. The van der Waals surface area contributed by atoms with Crippen molar-refractivity contribution in [3.8, 4) is 11.6 Å². The molecule has 2 fully saturated rings. The van der Waals surface area contributed by atoms with Crippen LogP contribution in [0.5, 0.6) is 11.6 Å². The number of rotatable bonds is 12. The van der Waals surface area contributed by atoms with Crippen LogP contribution in [0.15, 0.2) is 18.5 Å². The van der Waals surface area contributed by atoms with Crippen LogP contribution in [0.2, 0.25) is 0 Å². The highest BCUT2D eigenvalue weighted by Gasteiger charge is 2.44. The highest BCUT2D eigenvalue weighted by atomic mass is 16.6. The number of fused-ring (bicyclic) bond motifs is 1. The largest absolute Gasteiger partial charge is 0.507 e. The minimum atomic E-state index is -0.891. The van der Waals surface area contributed by atoms with Crippen LogP contribution in [0.3, 0.4) is 0 Å². The summed E-state index contributed by atoms with van der Waals surface area (Å²) in [6, 6.07) is -0.0634. The number of esters is 2. The molecule has 2 aromatic rings. The van der Waals surface area contributed by atoms with E-state index in [0.29, 0.717) is 22.9 Å². The lowest BCUT2D eigenvalue weighted by Crippen LogP contribution is -2.51. The smallest absolute Gasteiger partial charge is 0.411 e. The molecule has 52 heavy (non-hydrogen) atoms. The van der Waals surface area contributed by atoms with Crippen molar-refractivity contribution in [1.82, 2.24) is 20.2 Å². The Hall–Kier alpha value is -4.36. The highest BCUT2D eigenvalue weighted by molar-refractivity contribution is 5.86. The van der Waals surface area contributed by atoms with Crippen molar-refractivity contribution in [2.75, 3.05) is 13.7 Å². The van der Waals surface area contributed by atoms with Gasteiger partial charge in [-0.1, -0.05) is 33.6 Å². The molecule has 1 aliphatic carbocycles. The predicted octanol–water partition coefficient (Wildman–Crippen LogP) is 6.24. The van der Waals surface area contributed by atoms with Gasteiger partial charge in [0.15, 0.2) is 0 Å². The standard InChI is InChI=1S/C38H56N4O10/c1-36(2,3)30(33(45)51-37(4,5)6)41-34(46)50-28-18-22(28)14-12-11-13-15-24-29(43)25-20-39-17-16-26(25)40-31(24)49-23-19-27(32(44)48-10)42(21-23)35(47)52-38(7,8)9/h16-17,20,22-23,27-28,30H,11-15,18-19,21H2,1-10H3,(H,40,43)(H,41,46)/t22?,23-,27+,28-,30-/m1/s1. The summed E-state index contributed by atoms with van der Waals surface area (Å²) in [6.07, 6.45) is 5.74. The van der Waals surface area contributed by atoms with Crippen molar-refractivity contribution in [3.05, 3.63) is 24.0 Å². The molecule has 2 amide bonds. The summed E-state index contributed by atoms with van der Waals surface area (Å²) in [5, 5.41) is 14.5. The Morgan fingerprint density at radius 3 is 2.31 bits per heavy atom. The Balaban J connectivity index is 1.33. The van der Waals surface area contributed by atoms with E-state index in [2.05, 4.69) is 10.3 Å². The first-order valence-corrected chi connectivity index (χ1v) is 18.1. The van der Waals surface area contributed by atoms with E-state index in [9.17, 15) is 24.3 Å². The van der Waals surface area contributed by atoms with Crippen LogP contribution in [0, 0.1) is 11.3 Å². The molecule has 1 saturated heterocycles. The minimum absolute atomic E-state index is 0.0289. The molecule has 1 unspecified atom stereocenters. The van der Waals surface area contributed by atoms with E-state index in [1.807, 2.05) is 20.8 Å². The Kier molecular flexibility index (Phi) is 12.5. The SMILES string of the molecule is COC(=O)[C@@H]1C[C@@H](Oc2nc3ccncc3c(O)c2CCCCCC2C[C@H]2OC(=O)N[C@H](C(=O)OC(C)(C)C)C(C)(C)C)CN1C(=O)OC(C)(C)C. The molecule has 2 N–H and O–H groups in total. The summed E-state index contributed by atoms with van der Waals surface area (Å²) in [5.74, 6) is -0.576. The zero-order valence-corrected chi connectivity index (χ0v) is 32.2. The van der Waals surface area contributed by atoms with Crippen molar-refractivity contribution in [2.24, 2.45) is 11.3 Å². The van der Waals surface area contributed by atoms with Crippen LogP contribution in [-0.4, -0.2) is 93.2 Å². The van der Waals surface area contributed by atoms with Gasteiger partial charge < -0.3 is 34.1 Å². The van der Waals surface area contributed by atoms with E-state index in [1.54, 1.807) is 60.0 Å². The maximum Gasteiger partial charge on any atom is 0.411 e. The molecule has 1 aliphatic heterocycles. The monoisotopic (exact) mass is 728 g/mol. The van der Waals surface area contributed by atoms with Gasteiger partial charge in [0.05, 0.1) is 30.1 Å². The Bertz CT molecular complexity index is 1610. The lowest BCUT2D eigenvalue weighted by Gasteiger charge is -2.32. The maximum atomic E-state index is 13.0. The number of nitrogens with one attached hydrogen (secondary N) is 1. The van der Waals surface area contributed by atoms with E-state index in [4.69, 9.17) is 28.7 Å². The fourth-order valence-electron chi connectivity index (χ4n) is 6.19. The fraction of sp³-hybridized carbons (Fsp3) is 0.684. The Labute approximate surface area is 306 Å². The van der Waals surface area contributed by atoms with Crippen molar-refractivity contribution in [1.29, 1.82) is 0 Å². The topological polar surface area (TPSA) is 176 Å². The number of pyridine rings is 2. The number of amides is 2. The summed E-state index contributed by atoms with van der Waals surface area (Å²) in [5.41, 5.74) is -0.983. The number of ether oxygens (including phenoxy) is 5. The summed E-state index contributed by atoms with van der Waals surface area (Å²) in [6.45, 7) is 16.2. The number of aromatic hydroxyl groups is 1. The molecular weight excluding hydrogens is 672 g/mol. The van der Waals surface area contributed by atoms with Gasteiger partial charge in [0.1, 0.15) is 41.2 Å². The Morgan fingerprint density at radius 1 is 0.981 bits per heavy atom. The van der Waals surface area contributed by atoms with Gasteiger partial charge in [0.25, 0.3) is 0 Å².